The number of nitrogens with two attached hydrogens (primary N) is 1. The molecule has 5 N–H and O–H groups in total. The van der Waals surface area contributed by atoms with E-state index in [4.69, 9.17) is 22.1 Å². The topological polar surface area (TPSA) is 134 Å². The maximum Gasteiger partial charge on any atom is 0.234 e. The molecule has 1 amide bonds. The van der Waals surface area contributed by atoms with Gasteiger partial charge in [0.2, 0.25) is 5.91 Å². The van der Waals surface area contributed by atoms with Crippen LogP contribution < -0.4 is 26.6 Å². The number of methoxy groups -OCH3 is 1. The van der Waals surface area contributed by atoms with Gasteiger partial charge in [0.05, 0.1) is 35.2 Å². The van der Waals surface area contributed by atoms with Crippen molar-refractivity contribution in [3.8, 4) is 0 Å². The Kier molecular flexibility index (Phi) is 7.73. The van der Waals surface area contributed by atoms with Crippen molar-refractivity contribution in [2.45, 2.75) is 36.7 Å². The molecule has 1 aromatic heterocycles. The van der Waals surface area contributed by atoms with Crippen molar-refractivity contribution in [2.24, 2.45) is 16.8 Å². The van der Waals surface area contributed by atoms with Gasteiger partial charge in [-0.25, -0.2) is 0 Å². The van der Waals surface area contributed by atoms with Crippen molar-refractivity contribution < 1.29 is 9.53 Å². The van der Waals surface area contributed by atoms with E-state index in [9.17, 15) is 9.70 Å². The Bertz CT molecular complexity index is 694. The molecule has 0 aromatic carbocycles. The third-order valence-electron chi connectivity index (χ3n) is 5.44. The molecule has 160 valence electrons. The Morgan fingerprint density at radius 2 is 2.10 bits per heavy atom. The number of alkyl halides is 1. The Hall–Kier alpha value is -1.85. The predicted molar refractivity (Wildman–Crippen MR) is 112 cm³/mol. The largest absolute Gasteiger partial charge is 0.381 e. The van der Waals surface area contributed by atoms with E-state index in [1.54, 1.807) is 19.5 Å². The van der Waals surface area contributed by atoms with Crippen molar-refractivity contribution >= 4 is 28.9 Å². The van der Waals surface area contributed by atoms with Crippen LogP contribution in [-0.2, 0) is 9.53 Å². The molecule has 11 heteroatoms. The number of nitrogens with zero attached hydrogens (tertiary/aromatic N) is 3. The molecule has 2 aliphatic rings. The molecule has 2 aliphatic heterocycles. The highest BCUT2D eigenvalue weighted by molar-refractivity contribution is 6.21. The van der Waals surface area contributed by atoms with Crippen LogP contribution in [0.1, 0.15) is 12.8 Å². The fourth-order valence-electron chi connectivity index (χ4n) is 3.78. The zero-order valence-electron chi connectivity index (χ0n) is 16.4. The number of ether oxygens (including phenoxy) is 1. The summed E-state index contributed by atoms with van der Waals surface area (Å²) in [6.07, 6.45) is 3.65. The number of nitrogens with one attached hydrogen (secondary N) is 3. The fraction of sp³-hybridized carbons (Fsp3) is 0.667. The van der Waals surface area contributed by atoms with Crippen LogP contribution in [0.15, 0.2) is 23.6 Å². The van der Waals surface area contributed by atoms with Gasteiger partial charge in [0.15, 0.2) is 6.17 Å². The van der Waals surface area contributed by atoms with Gasteiger partial charge < -0.3 is 20.7 Å². The monoisotopic (exact) mass is 425 g/mol. The summed E-state index contributed by atoms with van der Waals surface area (Å²) in [5.74, 6) is -1.31. The Balaban J connectivity index is 1.74. The van der Waals surface area contributed by atoms with Crippen LogP contribution in [0, 0.1) is 10.8 Å². The maximum absolute atomic E-state index is 13.1. The first-order valence-electron chi connectivity index (χ1n) is 9.75. The number of anilines is 2. The van der Waals surface area contributed by atoms with E-state index >= 15 is 0 Å². The third kappa shape index (κ3) is 5.40. The van der Waals surface area contributed by atoms with Crippen LogP contribution in [0.25, 0.3) is 0 Å². The lowest BCUT2D eigenvalue weighted by Gasteiger charge is -2.35. The first-order chi connectivity index (χ1) is 14.0. The van der Waals surface area contributed by atoms with Crippen LogP contribution >= 0.6 is 11.6 Å². The zero-order valence-corrected chi connectivity index (χ0v) is 17.1. The molecule has 0 spiro atoms. The number of amides is 1. The summed E-state index contributed by atoms with van der Waals surface area (Å²) < 4.78 is 5.43. The maximum atomic E-state index is 13.1. The van der Waals surface area contributed by atoms with Crippen molar-refractivity contribution in [1.29, 1.82) is 0 Å². The molecule has 2 fully saturated rings. The van der Waals surface area contributed by atoms with E-state index < -0.39 is 24.2 Å². The Morgan fingerprint density at radius 1 is 1.41 bits per heavy atom. The third-order valence-corrected chi connectivity index (χ3v) is 5.75. The highest BCUT2D eigenvalue weighted by atomic mass is 35.5. The van der Waals surface area contributed by atoms with Gasteiger partial charge in [-0.05, 0) is 18.9 Å². The van der Waals surface area contributed by atoms with Gasteiger partial charge in [-0.2, -0.15) is 0 Å². The minimum absolute atomic E-state index is 0.102. The second kappa shape index (κ2) is 10.3. The van der Waals surface area contributed by atoms with Gasteiger partial charge in [0.1, 0.15) is 5.92 Å². The molecule has 3 heterocycles. The van der Waals surface area contributed by atoms with Crippen molar-refractivity contribution in [3.05, 3.63) is 23.4 Å². The van der Waals surface area contributed by atoms with E-state index in [2.05, 4.69) is 31.0 Å². The number of pyridine rings is 1. The van der Waals surface area contributed by atoms with E-state index in [0.29, 0.717) is 18.8 Å². The van der Waals surface area contributed by atoms with Crippen molar-refractivity contribution in [1.82, 2.24) is 15.6 Å². The minimum atomic E-state index is -1.20. The highest BCUT2D eigenvalue weighted by Gasteiger charge is 2.37. The second-order valence-corrected chi connectivity index (χ2v) is 7.93. The van der Waals surface area contributed by atoms with E-state index in [-0.39, 0.29) is 11.5 Å². The SMILES string of the molecule is COC1CCN(c2ccncc2NC(=O)C(C(N)N=O)C2NCC(Cl)CN2)CC1. The van der Waals surface area contributed by atoms with E-state index in [1.807, 2.05) is 6.07 Å². The van der Waals surface area contributed by atoms with Gasteiger partial charge in [-0.3, -0.25) is 20.4 Å². The quantitative estimate of drug-likeness (QED) is 0.365. The number of hydrogen-bond acceptors (Lipinski definition) is 9. The lowest BCUT2D eigenvalue weighted by atomic mass is 9.99. The normalized spacial score (nSPS) is 25.3. The highest BCUT2D eigenvalue weighted by Crippen LogP contribution is 2.29. The molecule has 0 saturated carbocycles. The number of carbonyl (C=O) groups is 1. The number of nitroso groups, excluding NO2 is 1. The molecule has 3 rings (SSSR count). The number of piperidine rings is 1. The molecule has 0 aliphatic carbocycles. The van der Waals surface area contributed by atoms with E-state index in [0.717, 1.165) is 31.6 Å². The summed E-state index contributed by atoms with van der Waals surface area (Å²) in [6, 6.07) is 1.87. The number of carbonyl (C=O) groups excluding carboxylic acids is 1. The molecule has 2 unspecified atom stereocenters. The number of rotatable bonds is 7. The average molecular weight is 426 g/mol. The minimum Gasteiger partial charge on any atom is -0.381 e. The second-order valence-electron chi connectivity index (χ2n) is 7.32. The average Bonchev–Trinajstić information content (AvgIpc) is 2.75. The molecular formula is C18H28ClN7O3. The summed E-state index contributed by atoms with van der Waals surface area (Å²) in [7, 11) is 1.72. The van der Waals surface area contributed by atoms with Crippen LogP contribution in [-0.4, -0.2) is 68.0 Å². The zero-order chi connectivity index (χ0) is 20.8. The summed E-state index contributed by atoms with van der Waals surface area (Å²) in [6.45, 7) is 2.63. The molecule has 10 nitrogen and oxygen atoms in total. The Labute approximate surface area is 174 Å². The standard InChI is InChI=1S/C18H28ClN7O3/c1-29-12-3-6-26(7-4-12)14-2-5-21-10-13(14)24-18(27)15(16(20)25-28)17-22-8-11(19)9-23-17/h2,5,10-12,15-17,22-23H,3-4,6-9,20H2,1H3,(H,24,27). The lowest BCUT2D eigenvalue weighted by Crippen LogP contribution is -2.62. The van der Waals surface area contributed by atoms with E-state index in [1.165, 1.54) is 0 Å². The molecular weight excluding hydrogens is 398 g/mol. The van der Waals surface area contributed by atoms with Crippen molar-refractivity contribution in [3.63, 3.8) is 0 Å². The summed E-state index contributed by atoms with van der Waals surface area (Å²) in [5.41, 5.74) is 7.30. The van der Waals surface area contributed by atoms with Crippen LogP contribution in [0.5, 0.6) is 0 Å². The molecule has 29 heavy (non-hydrogen) atoms. The van der Waals surface area contributed by atoms with Gasteiger partial charge in [-0.1, -0.05) is 5.18 Å². The Morgan fingerprint density at radius 3 is 2.72 bits per heavy atom. The molecule has 1 aromatic rings. The van der Waals surface area contributed by atoms with Crippen LogP contribution in [0.4, 0.5) is 11.4 Å². The number of hydrogen-bond donors (Lipinski definition) is 4. The van der Waals surface area contributed by atoms with Gasteiger partial charge in [-0.15, -0.1) is 16.5 Å². The molecule has 0 radical (unpaired) electrons. The predicted octanol–water partition coefficient (Wildman–Crippen LogP) is 0.429. The lowest BCUT2D eigenvalue weighted by molar-refractivity contribution is -0.121. The van der Waals surface area contributed by atoms with Gasteiger partial charge >= 0.3 is 0 Å². The summed E-state index contributed by atoms with van der Waals surface area (Å²) in [4.78, 5) is 30.5. The molecule has 2 atom stereocenters. The first-order valence-corrected chi connectivity index (χ1v) is 10.2. The van der Waals surface area contributed by atoms with Crippen LogP contribution in [0.3, 0.4) is 0 Å². The first kappa shape index (κ1) is 21.8. The smallest absolute Gasteiger partial charge is 0.234 e. The number of halogens is 1. The van der Waals surface area contributed by atoms with Gasteiger partial charge in [0, 0.05) is 39.5 Å². The fourth-order valence-corrected chi connectivity index (χ4v) is 3.96. The molecule has 2 saturated heterocycles. The van der Waals surface area contributed by atoms with Crippen LogP contribution in [0.2, 0.25) is 0 Å². The van der Waals surface area contributed by atoms with Crippen molar-refractivity contribution in [2.75, 3.05) is 43.5 Å². The van der Waals surface area contributed by atoms with Gasteiger partial charge in [0.25, 0.3) is 0 Å². The number of aromatic nitrogens is 1. The summed E-state index contributed by atoms with van der Waals surface area (Å²) >= 11 is 6.07. The summed E-state index contributed by atoms with van der Waals surface area (Å²) in [5, 5.41) is 11.9. The molecule has 0 bridgehead atoms.